The van der Waals surface area contributed by atoms with Crippen molar-refractivity contribution in [2.24, 2.45) is 47.3 Å². The van der Waals surface area contributed by atoms with Crippen LogP contribution in [0.1, 0.15) is 12.8 Å². The number of Topliss-reactive ketones (excluding diaryl/α,β-unsaturated/α-hetero) is 2. The monoisotopic (exact) mass is 188 g/mol. The second-order valence-corrected chi connectivity index (χ2v) is 6.03. The summed E-state index contributed by atoms with van der Waals surface area (Å²) in [5.74, 6) is 5.88. The average Bonchev–Trinajstić information content (AvgIpc) is 2.08. The molecule has 0 heterocycles. The van der Waals surface area contributed by atoms with E-state index < -0.39 is 0 Å². The molecule has 8 atom stereocenters. The molecule has 0 spiro atoms. The molecule has 9 aliphatic rings. The normalized spacial score (nSPS) is 70.6. The SMILES string of the molecule is O=C1C[C@@H]2[C@@H]3CC(=O)[C@H]4[C@H]5[C@@H]([C@@H]1[C@H]35)[C@@H]24. The number of rotatable bonds is 0. The molecular formula is C12H12O2. The zero-order chi connectivity index (χ0) is 9.19. The van der Waals surface area contributed by atoms with Crippen LogP contribution in [0.4, 0.5) is 0 Å². The number of ketones is 2. The lowest BCUT2D eigenvalue weighted by Crippen LogP contribution is -2.82. The number of carbonyl (C=O) groups is 2. The maximum absolute atomic E-state index is 11.7. The van der Waals surface area contributed by atoms with Crippen LogP contribution in [0.25, 0.3) is 0 Å². The molecule has 0 aromatic rings. The Balaban J connectivity index is 1.74. The van der Waals surface area contributed by atoms with Gasteiger partial charge in [-0.2, -0.15) is 0 Å². The first-order valence-corrected chi connectivity index (χ1v) is 5.84. The van der Waals surface area contributed by atoms with Gasteiger partial charge in [-0.1, -0.05) is 0 Å². The summed E-state index contributed by atoms with van der Waals surface area (Å²) in [6.45, 7) is 0. The Hall–Kier alpha value is -0.660. The van der Waals surface area contributed by atoms with Gasteiger partial charge >= 0.3 is 0 Å². The molecule has 2 heteroatoms. The van der Waals surface area contributed by atoms with Gasteiger partial charge in [0, 0.05) is 24.7 Å². The van der Waals surface area contributed by atoms with Gasteiger partial charge in [0.2, 0.25) is 0 Å². The van der Waals surface area contributed by atoms with Gasteiger partial charge in [0.25, 0.3) is 0 Å². The zero-order valence-corrected chi connectivity index (χ0v) is 7.85. The van der Waals surface area contributed by atoms with Crippen molar-refractivity contribution in [2.45, 2.75) is 12.8 Å². The van der Waals surface area contributed by atoms with E-state index in [-0.39, 0.29) is 0 Å². The van der Waals surface area contributed by atoms with Crippen LogP contribution in [0.2, 0.25) is 0 Å². The predicted molar refractivity (Wildman–Crippen MR) is 47.2 cm³/mol. The first-order chi connectivity index (χ1) is 6.79. The molecule has 8 bridgehead atoms. The summed E-state index contributed by atoms with van der Waals surface area (Å²) in [4.78, 5) is 23.5. The molecule has 14 heavy (non-hydrogen) atoms. The van der Waals surface area contributed by atoms with Crippen molar-refractivity contribution in [3.05, 3.63) is 0 Å². The molecule has 0 unspecified atom stereocenters. The van der Waals surface area contributed by atoms with Crippen molar-refractivity contribution in [3.8, 4) is 0 Å². The Labute approximate surface area is 82.0 Å². The summed E-state index contributed by atoms with van der Waals surface area (Å²) in [7, 11) is 0. The molecule has 0 aromatic carbocycles. The highest BCUT2D eigenvalue weighted by Gasteiger charge is 2.82. The summed E-state index contributed by atoms with van der Waals surface area (Å²) in [5.41, 5.74) is 0. The van der Waals surface area contributed by atoms with Gasteiger partial charge < -0.3 is 0 Å². The van der Waals surface area contributed by atoms with Crippen LogP contribution in [0.5, 0.6) is 0 Å². The summed E-state index contributed by atoms with van der Waals surface area (Å²) in [6.07, 6.45) is 1.65. The third-order valence-electron chi connectivity index (χ3n) is 6.15. The highest BCUT2D eigenvalue weighted by molar-refractivity contribution is 5.93. The van der Waals surface area contributed by atoms with Crippen LogP contribution < -0.4 is 0 Å². The molecule has 72 valence electrons. The minimum absolute atomic E-state index is 0.421. The summed E-state index contributed by atoms with van der Waals surface area (Å²) >= 11 is 0. The van der Waals surface area contributed by atoms with E-state index in [1.165, 1.54) is 0 Å². The van der Waals surface area contributed by atoms with E-state index in [9.17, 15) is 9.59 Å². The molecule has 0 amide bonds. The van der Waals surface area contributed by atoms with Crippen LogP contribution in [0, 0.1) is 47.3 Å². The second kappa shape index (κ2) is 1.62. The molecule has 0 aliphatic heterocycles. The standard InChI is InChI=1S/C12H12O2/c13-5-1-3-4-2-6(14)10-7(3)11-9(5)8(4)12(10)11/h3-4,7-12H,1-2H2/t3-,4+,7-,8-,9+,10-,11-,12+/m0/s1. The van der Waals surface area contributed by atoms with Gasteiger partial charge in [-0.15, -0.1) is 0 Å². The molecule has 0 N–H and O–H groups in total. The molecular weight excluding hydrogens is 176 g/mol. The largest absolute Gasteiger partial charge is 0.299 e. The third kappa shape index (κ3) is 0.396. The van der Waals surface area contributed by atoms with Crippen molar-refractivity contribution in [3.63, 3.8) is 0 Å². The Morgan fingerprint density at radius 1 is 0.714 bits per heavy atom. The van der Waals surface area contributed by atoms with Crippen LogP contribution >= 0.6 is 0 Å². The van der Waals surface area contributed by atoms with E-state index in [0.29, 0.717) is 58.9 Å². The molecule has 0 radical (unpaired) electrons. The van der Waals surface area contributed by atoms with Crippen molar-refractivity contribution >= 4 is 11.6 Å². The van der Waals surface area contributed by atoms with Gasteiger partial charge in [0.1, 0.15) is 11.6 Å². The number of hydrogen-bond donors (Lipinski definition) is 0. The quantitative estimate of drug-likeness (QED) is 0.566. The lowest BCUT2D eigenvalue weighted by molar-refractivity contribution is -0.317. The number of fused-ring (bicyclic) bond motifs is 2. The number of hydrogen-bond acceptors (Lipinski definition) is 2. The fourth-order valence-corrected chi connectivity index (χ4v) is 6.02. The van der Waals surface area contributed by atoms with Crippen LogP contribution in [-0.2, 0) is 9.59 Å². The van der Waals surface area contributed by atoms with Gasteiger partial charge in [-0.25, -0.2) is 0 Å². The minimum Gasteiger partial charge on any atom is -0.299 e. The predicted octanol–water partition coefficient (Wildman–Crippen LogP) is 0.902. The van der Waals surface area contributed by atoms with E-state index in [2.05, 4.69) is 0 Å². The maximum Gasteiger partial charge on any atom is 0.136 e. The lowest BCUT2D eigenvalue weighted by atomic mass is 9.21. The highest BCUT2D eigenvalue weighted by Crippen LogP contribution is 2.81. The lowest BCUT2D eigenvalue weighted by Gasteiger charge is -2.81. The van der Waals surface area contributed by atoms with Crippen molar-refractivity contribution in [1.82, 2.24) is 0 Å². The highest BCUT2D eigenvalue weighted by atomic mass is 16.1. The Morgan fingerprint density at radius 2 is 1.14 bits per heavy atom. The average molecular weight is 188 g/mol. The Kier molecular flexibility index (Phi) is 0.780. The van der Waals surface area contributed by atoms with Crippen LogP contribution in [-0.4, -0.2) is 11.6 Å². The van der Waals surface area contributed by atoms with Crippen molar-refractivity contribution in [1.29, 1.82) is 0 Å². The molecule has 9 aliphatic carbocycles. The molecule has 0 saturated heterocycles. The van der Waals surface area contributed by atoms with E-state index >= 15 is 0 Å². The maximum atomic E-state index is 11.7. The van der Waals surface area contributed by atoms with Crippen molar-refractivity contribution < 1.29 is 9.59 Å². The first kappa shape index (κ1) is 6.76. The topological polar surface area (TPSA) is 34.1 Å². The first-order valence-electron chi connectivity index (χ1n) is 5.84. The third-order valence-corrected chi connectivity index (χ3v) is 6.15. The molecule has 9 rings (SSSR count). The number of carbonyl (C=O) groups excluding carboxylic acids is 2. The van der Waals surface area contributed by atoms with Crippen molar-refractivity contribution in [2.75, 3.05) is 0 Å². The van der Waals surface area contributed by atoms with Gasteiger partial charge in [0.15, 0.2) is 0 Å². The fraction of sp³-hybridized carbons (Fsp3) is 0.833. The summed E-state index contributed by atoms with van der Waals surface area (Å²) in [6, 6.07) is 0. The summed E-state index contributed by atoms with van der Waals surface area (Å²) < 4.78 is 0. The Bertz CT molecular complexity index is 357. The summed E-state index contributed by atoms with van der Waals surface area (Å²) in [5, 5.41) is 0. The molecule has 2 nitrogen and oxygen atoms in total. The molecule has 0 aromatic heterocycles. The Morgan fingerprint density at radius 3 is 1.50 bits per heavy atom. The fourth-order valence-electron chi connectivity index (χ4n) is 6.02. The van der Waals surface area contributed by atoms with E-state index in [1.54, 1.807) is 0 Å². The van der Waals surface area contributed by atoms with Gasteiger partial charge in [-0.3, -0.25) is 9.59 Å². The molecule has 9 saturated carbocycles. The van der Waals surface area contributed by atoms with Gasteiger partial charge in [0.05, 0.1) is 0 Å². The zero-order valence-electron chi connectivity index (χ0n) is 7.85. The smallest absolute Gasteiger partial charge is 0.136 e. The van der Waals surface area contributed by atoms with E-state index in [0.717, 1.165) is 12.8 Å². The van der Waals surface area contributed by atoms with E-state index in [4.69, 9.17) is 0 Å². The molecule has 9 fully saturated rings. The second-order valence-electron chi connectivity index (χ2n) is 6.03. The van der Waals surface area contributed by atoms with E-state index in [1.807, 2.05) is 0 Å². The van der Waals surface area contributed by atoms with Gasteiger partial charge in [-0.05, 0) is 35.5 Å². The minimum atomic E-state index is 0.421. The van der Waals surface area contributed by atoms with Crippen LogP contribution in [0.15, 0.2) is 0 Å². The van der Waals surface area contributed by atoms with Crippen LogP contribution in [0.3, 0.4) is 0 Å².